The van der Waals surface area contributed by atoms with Crippen LogP contribution in [0, 0.1) is 0 Å². The van der Waals surface area contributed by atoms with Crippen LogP contribution in [0.5, 0.6) is 0 Å². The maximum atomic E-state index is 12.6. The third-order valence-corrected chi connectivity index (χ3v) is 4.42. The van der Waals surface area contributed by atoms with Crippen LogP contribution in [0.4, 0.5) is 5.69 Å². The molecule has 0 aliphatic heterocycles. The first-order valence-corrected chi connectivity index (χ1v) is 8.31. The van der Waals surface area contributed by atoms with Crippen molar-refractivity contribution >= 4 is 23.2 Å². The molecule has 0 unspecified atom stereocenters. The number of hydrogen-bond acceptors (Lipinski definition) is 2. The highest BCUT2D eigenvalue weighted by molar-refractivity contribution is 6.30. The molecule has 0 atom stereocenters. The standard InChI is InChI=1S/C19H16ClN3O/c20-15-10-8-14(9-11-15)19(24)21-18-16(12-4-2-1-3-5-12)22-23-17(18)13-6-7-13/h1-5,8-11,13H,6-7H2,(H,21,24)(H,22,23). The molecular formula is C19H16ClN3O. The molecular weight excluding hydrogens is 322 g/mol. The number of carbonyl (C=O) groups excluding carboxylic acids is 1. The Morgan fingerprint density at radius 1 is 1.08 bits per heavy atom. The van der Waals surface area contributed by atoms with Gasteiger partial charge in [0.25, 0.3) is 5.91 Å². The van der Waals surface area contributed by atoms with E-state index in [4.69, 9.17) is 11.6 Å². The van der Waals surface area contributed by atoms with Crippen molar-refractivity contribution in [1.82, 2.24) is 10.2 Å². The molecule has 1 saturated carbocycles. The fourth-order valence-corrected chi connectivity index (χ4v) is 2.87. The third-order valence-electron chi connectivity index (χ3n) is 4.17. The average molecular weight is 338 g/mol. The van der Waals surface area contributed by atoms with Crippen LogP contribution >= 0.6 is 11.6 Å². The van der Waals surface area contributed by atoms with E-state index in [1.165, 1.54) is 0 Å². The first-order valence-electron chi connectivity index (χ1n) is 7.93. The molecule has 24 heavy (non-hydrogen) atoms. The Labute approximate surface area is 144 Å². The molecule has 4 rings (SSSR count). The second kappa shape index (κ2) is 6.13. The minimum absolute atomic E-state index is 0.160. The molecule has 1 fully saturated rings. The van der Waals surface area contributed by atoms with Crippen molar-refractivity contribution in [3.05, 3.63) is 70.9 Å². The van der Waals surface area contributed by atoms with Crippen LogP contribution in [-0.4, -0.2) is 16.1 Å². The molecule has 1 aliphatic rings. The zero-order chi connectivity index (χ0) is 16.5. The van der Waals surface area contributed by atoms with E-state index in [1.54, 1.807) is 24.3 Å². The summed E-state index contributed by atoms with van der Waals surface area (Å²) in [6, 6.07) is 16.7. The van der Waals surface area contributed by atoms with Gasteiger partial charge in [-0.1, -0.05) is 41.9 Å². The van der Waals surface area contributed by atoms with Crippen LogP contribution in [0.25, 0.3) is 11.3 Å². The van der Waals surface area contributed by atoms with Crippen LogP contribution in [-0.2, 0) is 0 Å². The van der Waals surface area contributed by atoms with E-state index in [9.17, 15) is 4.79 Å². The molecule has 5 heteroatoms. The zero-order valence-electron chi connectivity index (χ0n) is 12.9. The van der Waals surface area contributed by atoms with Gasteiger partial charge in [-0.15, -0.1) is 0 Å². The molecule has 0 spiro atoms. The smallest absolute Gasteiger partial charge is 0.255 e. The summed E-state index contributed by atoms with van der Waals surface area (Å²) >= 11 is 5.89. The second-order valence-corrected chi connectivity index (χ2v) is 6.40. The highest BCUT2D eigenvalue weighted by atomic mass is 35.5. The SMILES string of the molecule is O=C(Nc1c(-c2ccccc2)n[nH]c1C1CC1)c1ccc(Cl)cc1. The Morgan fingerprint density at radius 2 is 1.79 bits per heavy atom. The Bertz CT molecular complexity index is 867. The lowest BCUT2D eigenvalue weighted by molar-refractivity contribution is 0.102. The van der Waals surface area contributed by atoms with Crippen molar-refractivity contribution < 1.29 is 4.79 Å². The monoisotopic (exact) mass is 337 g/mol. The second-order valence-electron chi connectivity index (χ2n) is 5.96. The fourth-order valence-electron chi connectivity index (χ4n) is 2.74. The minimum atomic E-state index is -0.160. The Morgan fingerprint density at radius 3 is 2.46 bits per heavy atom. The van der Waals surface area contributed by atoms with Gasteiger partial charge in [0.15, 0.2) is 0 Å². The normalized spacial score (nSPS) is 13.7. The van der Waals surface area contributed by atoms with Gasteiger partial charge in [-0.3, -0.25) is 9.89 Å². The Kier molecular flexibility index (Phi) is 3.82. The molecule has 2 N–H and O–H groups in total. The van der Waals surface area contributed by atoms with Crippen molar-refractivity contribution in [3.63, 3.8) is 0 Å². The number of benzene rings is 2. The predicted molar refractivity (Wildman–Crippen MR) is 95.4 cm³/mol. The third kappa shape index (κ3) is 2.93. The van der Waals surface area contributed by atoms with Gasteiger partial charge in [0.2, 0.25) is 0 Å². The lowest BCUT2D eigenvalue weighted by atomic mass is 10.1. The van der Waals surface area contributed by atoms with E-state index in [1.807, 2.05) is 30.3 Å². The summed E-state index contributed by atoms with van der Waals surface area (Å²) in [4.78, 5) is 12.6. The number of halogens is 1. The Balaban J connectivity index is 1.69. The van der Waals surface area contributed by atoms with Crippen molar-refractivity contribution in [3.8, 4) is 11.3 Å². The van der Waals surface area contributed by atoms with Crippen LogP contribution < -0.4 is 5.32 Å². The number of nitrogens with one attached hydrogen (secondary N) is 2. The molecule has 0 bridgehead atoms. The number of anilines is 1. The number of aromatic amines is 1. The molecule has 0 radical (unpaired) electrons. The number of hydrogen-bond donors (Lipinski definition) is 2. The predicted octanol–water partition coefficient (Wildman–Crippen LogP) is 4.86. The minimum Gasteiger partial charge on any atom is -0.319 e. The molecule has 2 aromatic carbocycles. The van der Waals surface area contributed by atoms with Gasteiger partial charge in [0, 0.05) is 22.1 Å². The van der Waals surface area contributed by atoms with Gasteiger partial charge >= 0.3 is 0 Å². The number of H-pyrrole nitrogens is 1. The largest absolute Gasteiger partial charge is 0.319 e. The summed E-state index contributed by atoms with van der Waals surface area (Å²) in [7, 11) is 0. The number of amides is 1. The molecule has 3 aromatic rings. The molecule has 1 amide bonds. The lowest BCUT2D eigenvalue weighted by Crippen LogP contribution is -2.13. The first-order chi connectivity index (χ1) is 11.7. The molecule has 120 valence electrons. The molecule has 0 saturated heterocycles. The van der Waals surface area contributed by atoms with Crippen molar-refractivity contribution in [2.45, 2.75) is 18.8 Å². The summed E-state index contributed by atoms with van der Waals surface area (Å²) in [6.07, 6.45) is 2.25. The maximum absolute atomic E-state index is 12.6. The van der Waals surface area contributed by atoms with E-state index in [-0.39, 0.29) is 5.91 Å². The Hall–Kier alpha value is -2.59. The van der Waals surface area contributed by atoms with E-state index >= 15 is 0 Å². The number of carbonyl (C=O) groups is 1. The lowest BCUT2D eigenvalue weighted by Gasteiger charge is -2.08. The van der Waals surface area contributed by atoms with Gasteiger partial charge in [0.05, 0.1) is 11.4 Å². The van der Waals surface area contributed by atoms with E-state index in [0.29, 0.717) is 16.5 Å². The van der Waals surface area contributed by atoms with Gasteiger partial charge in [-0.25, -0.2) is 0 Å². The number of rotatable bonds is 4. The van der Waals surface area contributed by atoms with Crippen molar-refractivity contribution in [1.29, 1.82) is 0 Å². The quantitative estimate of drug-likeness (QED) is 0.714. The fraction of sp³-hybridized carbons (Fsp3) is 0.158. The van der Waals surface area contributed by atoms with Crippen LogP contribution in [0.3, 0.4) is 0 Å². The summed E-state index contributed by atoms with van der Waals surface area (Å²) in [5, 5.41) is 11.2. The van der Waals surface area contributed by atoms with Crippen LogP contribution in [0.2, 0.25) is 5.02 Å². The zero-order valence-corrected chi connectivity index (χ0v) is 13.7. The topological polar surface area (TPSA) is 57.8 Å². The summed E-state index contributed by atoms with van der Waals surface area (Å²) in [5.74, 6) is 0.294. The maximum Gasteiger partial charge on any atom is 0.255 e. The van der Waals surface area contributed by atoms with Gasteiger partial charge in [-0.2, -0.15) is 5.10 Å². The summed E-state index contributed by atoms with van der Waals surface area (Å²) in [5.41, 5.74) is 4.12. The molecule has 1 aromatic heterocycles. The van der Waals surface area contributed by atoms with Gasteiger partial charge in [0.1, 0.15) is 5.69 Å². The molecule has 1 heterocycles. The highest BCUT2D eigenvalue weighted by Gasteiger charge is 2.31. The van der Waals surface area contributed by atoms with E-state index in [0.717, 1.165) is 35.5 Å². The van der Waals surface area contributed by atoms with E-state index in [2.05, 4.69) is 15.5 Å². The summed E-state index contributed by atoms with van der Waals surface area (Å²) < 4.78 is 0. The number of aromatic nitrogens is 2. The first kappa shape index (κ1) is 15.0. The molecule has 1 aliphatic carbocycles. The summed E-state index contributed by atoms with van der Waals surface area (Å²) in [6.45, 7) is 0. The highest BCUT2D eigenvalue weighted by Crippen LogP contribution is 2.45. The van der Waals surface area contributed by atoms with Crippen LogP contribution in [0.15, 0.2) is 54.6 Å². The number of nitrogens with zero attached hydrogens (tertiary/aromatic N) is 1. The molecule has 4 nitrogen and oxygen atoms in total. The van der Waals surface area contributed by atoms with Crippen molar-refractivity contribution in [2.75, 3.05) is 5.32 Å². The van der Waals surface area contributed by atoms with Gasteiger partial charge in [-0.05, 0) is 37.1 Å². The van der Waals surface area contributed by atoms with Gasteiger partial charge < -0.3 is 5.32 Å². The van der Waals surface area contributed by atoms with E-state index < -0.39 is 0 Å². The average Bonchev–Trinajstić information content (AvgIpc) is 3.37. The van der Waals surface area contributed by atoms with Crippen molar-refractivity contribution in [2.24, 2.45) is 0 Å². The van der Waals surface area contributed by atoms with Crippen LogP contribution in [0.1, 0.15) is 34.8 Å².